The smallest absolute Gasteiger partial charge is 0.257 e. The van der Waals surface area contributed by atoms with Crippen molar-refractivity contribution in [1.82, 2.24) is 15.5 Å². The minimum Gasteiger partial charge on any atom is -0.497 e. The molecular weight excluding hydrogens is 282 g/mol. The van der Waals surface area contributed by atoms with E-state index in [1.807, 2.05) is 0 Å². The van der Waals surface area contributed by atoms with Crippen LogP contribution in [0.4, 0.5) is 0 Å². The van der Waals surface area contributed by atoms with Crippen molar-refractivity contribution < 1.29 is 9.53 Å². The van der Waals surface area contributed by atoms with Gasteiger partial charge in [0.2, 0.25) is 0 Å². The van der Waals surface area contributed by atoms with Crippen molar-refractivity contribution in [2.75, 3.05) is 20.2 Å². The number of hydrogen-bond donors (Lipinski definition) is 2. The average molecular weight is 295 g/mol. The quantitative estimate of drug-likeness (QED) is 0.791. The fraction of sp³-hybridized carbons (Fsp3) is 0.250. The Bertz CT molecular complexity index is 533. The lowest BCUT2D eigenvalue weighted by Gasteiger charge is -2.17. The van der Waals surface area contributed by atoms with Crippen LogP contribution in [0.2, 0.25) is 0 Å². The number of rotatable bonds is 2. The van der Waals surface area contributed by atoms with Crippen molar-refractivity contribution in [3.63, 3.8) is 0 Å². The minimum atomic E-state index is -0.279. The molecule has 1 aliphatic heterocycles. The zero-order chi connectivity index (χ0) is 13.8. The molecule has 7 heteroatoms. The molecule has 0 saturated carbocycles. The predicted octanol–water partition coefficient (Wildman–Crippen LogP) is 0.900. The van der Waals surface area contributed by atoms with E-state index in [4.69, 9.17) is 29.2 Å². The fourth-order valence-corrected chi connectivity index (χ4v) is 2.28. The second kappa shape index (κ2) is 5.94. The van der Waals surface area contributed by atoms with Gasteiger partial charge in [0.15, 0.2) is 10.2 Å². The molecule has 5 nitrogen and oxygen atoms in total. The summed E-state index contributed by atoms with van der Waals surface area (Å²) >= 11 is 10.2. The lowest BCUT2D eigenvalue weighted by molar-refractivity contribution is 0.0975. The molecule has 0 bridgehead atoms. The lowest BCUT2D eigenvalue weighted by atomic mass is 10.2. The predicted molar refractivity (Wildman–Crippen MR) is 80.4 cm³/mol. The summed E-state index contributed by atoms with van der Waals surface area (Å²) in [6.45, 7) is 1.39. The van der Waals surface area contributed by atoms with Gasteiger partial charge in [0.05, 0.1) is 7.11 Å². The van der Waals surface area contributed by atoms with E-state index in [0.29, 0.717) is 28.1 Å². The molecule has 1 aromatic carbocycles. The number of thiocarbonyl (C=S) groups is 2. The molecule has 0 atom stereocenters. The Labute approximate surface area is 121 Å². The molecule has 2 N–H and O–H groups in total. The molecule has 100 valence electrons. The fourth-order valence-electron chi connectivity index (χ4n) is 1.67. The molecule has 1 fully saturated rings. The summed E-state index contributed by atoms with van der Waals surface area (Å²) in [5.74, 6) is 0.343. The van der Waals surface area contributed by atoms with Gasteiger partial charge in [-0.25, -0.2) is 0 Å². The van der Waals surface area contributed by atoms with Crippen molar-refractivity contribution in [1.29, 1.82) is 0 Å². The number of ether oxygens (including phenoxy) is 1. The summed E-state index contributed by atoms with van der Waals surface area (Å²) in [4.78, 5) is 13.7. The van der Waals surface area contributed by atoms with Crippen molar-refractivity contribution in [2.45, 2.75) is 0 Å². The number of carbonyl (C=O) groups is 1. The lowest BCUT2D eigenvalue weighted by Crippen LogP contribution is -2.44. The van der Waals surface area contributed by atoms with Crippen molar-refractivity contribution in [3.8, 4) is 5.75 Å². The van der Waals surface area contributed by atoms with Gasteiger partial charge >= 0.3 is 0 Å². The molecule has 1 aromatic rings. The first kappa shape index (κ1) is 13.7. The Kier molecular flexibility index (Phi) is 4.28. The van der Waals surface area contributed by atoms with Gasteiger partial charge in [0.25, 0.3) is 5.91 Å². The zero-order valence-electron chi connectivity index (χ0n) is 10.3. The molecule has 19 heavy (non-hydrogen) atoms. The van der Waals surface area contributed by atoms with Crippen LogP contribution in [-0.2, 0) is 0 Å². The third-order valence-electron chi connectivity index (χ3n) is 2.65. The maximum absolute atomic E-state index is 12.0. The molecule has 0 unspecified atom stereocenters. The number of carbonyl (C=O) groups excluding carboxylic acids is 1. The summed E-state index contributed by atoms with van der Waals surface area (Å²) in [5.41, 5.74) is 0.486. The van der Waals surface area contributed by atoms with Crippen LogP contribution in [0.5, 0.6) is 5.75 Å². The van der Waals surface area contributed by atoms with Gasteiger partial charge in [0.1, 0.15) is 5.75 Å². The Morgan fingerprint density at radius 3 is 2.95 bits per heavy atom. The summed E-state index contributed by atoms with van der Waals surface area (Å²) in [7, 11) is 1.55. The van der Waals surface area contributed by atoms with Crippen LogP contribution in [-0.4, -0.2) is 41.2 Å². The van der Waals surface area contributed by atoms with Gasteiger partial charge < -0.3 is 10.1 Å². The van der Waals surface area contributed by atoms with Crippen molar-refractivity contribution in [3.05, 3.63) is 29.8 Å². The zero-order valence-corrected chi connectivity index (χ0v) is 11.9. The second-order valence-electron chi connectivity index (χ2n) is 3.87. The van der Waals surface area contributed by atoms with Crippen LogP contribution in [0.1, 0.15) is 10.4 Å². The monoisotopic (exact) mass is 295 g/mol. The molecule has 0 radical (unpaired) electrons. The van der Waals surface area contributed by atoms with Crippen LogP contribution >= 0.6 is 24.4 Å². The average Bonchev–Trinajstić information content (AvgIpc) is 2.85. The minimum absolute atomic E-state index is 0.279. The molecule has 1 saturated heterocycles. The molecule has 1 aliphatic rings. The van der Waals surface area contributed by atoms with E-state index >= 15 is 0 Å². The van der Waals surface area contributed by atoms with Gasteiger partial charge in [-0.3, -0.25) is 15.0 Å². The first-order chi connectivity index (χ1) is 9.11. The number of hydrogen-bond acceptors (Lipinski definition) is 4. The maximum Gasteiger partial charge on any atom is 0.257 e. The van der Waals surface area contributed by atoms with Gasteiger partial charge in [-0.1, -0.05) is 6.07 Å². The van der Waals surface area contributed by atoms with E-state index in [-0.39, 0.29) is 5.91 Å². The SMILES string of the molecule is COc1cccc(C(=O)NC(=S)N2CCNC2=S)c1. The van der Waals surface area contributed by atoms with E-state index in [1.165, 1.54) is 0 Å². The van der Waals surface area contributed by atoms with Crippen molar-refractivity contribution in [2.24, 2.45) is 0 Å². The van der Waals surface area contributed by atoms with Gasteiger partial charge in [0, 0.05) is 18.7 Å². The largest absolute Gasteiger partial charge is 0.497 e. The molecule has 1 heterocycles. The van der Waals surface area contributed by atoms with Gasteiger partial charge in [-0.05, 0) is 42.6 Å². The Morgan fingerprint density at radius 2 is 2.32 bits per heavy atom. The van der Waals surface area contributed by atoms with E-state index in [1.54, 1.807) is 36.3 Å². The Morgan fingerprint density at radius 1 is 1.53 bits per heavy atom. The number of nitrogens with one attached hydrogen (secondary N) is 2. The normalized spacial score (nSPS) is 13.9. The molecule has 0 aromatic heterocycles. The molecular formula is C12H13N3O2S2. The highest BCUT2D eigenvalue weighted by molar-refractivity contribution is 7.81. The highest BCUT2D eigenvalue weighted by Crippen LogP contribution is 2.12. The van der Waals surface area contributed by atoms with Crippen LogP contribution in [0.15, 0.2) is 24.3 Å². The maximum atomic E-state index is 12.0. The molecule has 0 aliphatic carbocycles. The third kappa shape index (κ3) is 3.18. The third-order valence-corrected chi connectivity index (χ3v) is 3.34. The topological polar surface area (TPSA) is 53.6 Å². The molecule has 2 rings (SSSR count). The Hall–Kier alpha value is -1.73. The van der Waals surface area contributed by atoms with E-state index in [0.717, 1.165) is 6.54 Å². The molecule has 1 amide bonds. The Balaban J connectivity index is 2.04. The second-order valence-corrected chi connectivity index (χ2v) is 4.65. The van der Waals surface area contributed by atoms with Crippen LogP contribution in [0, 0.1) is 0 Å². The highest BCUT2D eigenvalue weighted by atomic mass is 32.1. The molecule has 0 spiro atoms. The van der Waals surface area contributed by atoms with Crippen LogP contribution < -0.4 is 15.4 Å². The first-order valence-corrected chi connectivity index (χ1v) is 6.48. The summed E-state index contributed by atoms with van der Waals surface area (Å²) < 4.78 is 5.07. The summed E-state index contributed by atoms with van der Waals surface area (Å²) in [6.07, 6.45) is 0. The van der Waals surface area contributed by atoms with Crippen LogP contribution in [0.3, 0.4) is 0 Å². The van der Waals surface area contributed by atoms with Crippen molar-refractivity contribution >= 4 is 40.6 Å². The number of benzene rings is 1. The van der Waals surface area contributed by atoms with E-state index in [9.17, 15) is 4.79 Å². The van der Waals surface area contributed by atoms with E-state index in [2.05, 4.69) is 10.6 Å². The number of methoxy groups -OCH3 is 1. The highest BCUT2D eigenvalue weighted by Gasteiger charge is 2.21. The standard InChI is InChI=1S/C12H13N3O2S2/c1-17-9-4-2-3-8(7-9)10(16)14-12(19)15-6-5-13-11(15)18/h2-4,7H,5-6H2,1H3,(H,13,18)(H,14,16,19). The summed E-state index contributed by atoms with van der Waals surface area (Å²) in [6, 6.07) is 6.87. The summed E-state index contributed by atoms with van der Waals surface area (Å²) in [5, 5.41) is 6.48. The van der Waals surface area contributed by atoms with Gasteiger partial charge in [-0.2, -0.15) is 0 Å². The van der Waals surface area contributed by atoms with Gasteiger partial charge in [-0.15, -0.1) is 0 Å². The number of nitrogens with zero attached hydrogens (tertiary/aromatic N) is 1. The van der Waals surface area contributed by atoms with E-state index < -0.39 is 0 Å². The van der Waals surface area contributed by atoms with Crippen LogP contribution in [0.25, 0.3) is 0 Å². The first-order valence-electron chi connectivity index (χ1n) is 5.66. The number of amides is 1.